The summed E-state index contributed by atoms with van der Waals surface area (Å²) in [5.41, 5.74) is 6.82. The molecule has 1 heterocycles. The van der Waals surface area contributed by atoms with Crippen LogP contribution in [0.3, 0.4) is 0 Å². The summed E-state index contributed by atoms with van der Waals surface area (Å²) in [6.07, 6.45) is 10.1. The molecule has 104 valence electrons. The minimum atomic E-state index is 0.0365. The molecule has 0 atom stereocenters. The highest BCUT2D eigenvalue weighted by molar-refractivity contribution is 6.31. The Kier molecular flexibility index (Phi) is 4.94. The first-order valence-electron chi connectivity index (χ1n) is 6.95. The van der Waals surface area contributed by atoms with Gasteiger partial charge in [0.25, 0.3) is 0 Å². The van der Waals surface area contributed by atoms with Crippen LogP contribution in [0.25, 0.3) is 0 Å². The molecule has 0 bridgehead atoms. The lowest BCUT2D eigenvalue weighted by Gasteiger charge is -2.35. The van der Waals surface area contributed by atoms with E-state index in [-0.39, 0.29) is 11.2 Å². The second kappa shape index (κ2) is 6.49. The fourth-order valence-electron chi connectivity index (χ4n) is 3.00. The van der Waals surface area contributed by atoms with Gasteiger partial charge in [0.1, 0.15) is 5.78 Å². The number of Topliss-reactive ketones (excluding diaryl/α,β-unsaturated/α-hetero) is 1. The third kappa shape index (κ3) is 3.77. The zero-order valence-electron chi connectivity index (χ0n) is 11.2. The quantitative estimate of drug-likeness (QED) is 0.901. The van der Waals surface area contributed by atoms with Gasteiger partial charge in [-0.2, -0.15) is 0 Å². The predicted molar refractivity (Wildman–Crippen MR) is 77.1 cm³/mol. The standard InChI is InChI=1S/C15H21ClN2O/c16-14-10-18-7-4-12(14)8-13(19)9-15(11-17)5-2-1-3-6-15/h4,7,10H,1-3,5-6,8-9,11,17H2. The van der Waals surface area contributed by atoms with Gasteiger partial charge in [-0.3, -0.25) is 9.78 Å². The highest BCUT2D eigenvalue weighted by Crippen LogP contribution is 2.38. The van der Waals surface area contributed by atoms with Gasteiger partial charge in [0.2, 0.25) is 0 Å². The number of pyridine rings is 1. The maximum atomic E-state index is 12.3. The summed E-state index contributed by atoms with van der Waals surface area (Å²) < 4.78 is 0. The number of nitrogens with zero attached hydrogens (tertiary/aromatic N) is 1. The van der Waals surface area contributed by atoms with E-state index < -0.39 is 0 Å². The predicted octanol–water partition coefficient (Wildman–Crippen LogP) is 3.15. The van der Waals surface area contributed by atoms with Gasteiger partial charge in [-0.25, -0.2) is 0 Å². The average Bonchev–Trinajstić information content (AvgIpc) is 2.42. The summed E-state index contributed by atoms with van der Waals surface area (Å²) in [5.74, 6) is 0.237. The lowest BCUT2D eigenvalue weighted by atomic mass is 9.70. The zero-order chi connectivity index (χ0) is 13.7. The second-order valence-electron chi connectivity index (χ2n) is 5.62. The molecular formula is C15H21ClN2O. The van der Waals surface area contributed by atoms with E-state index in [0.717, 1.165) is 18.4 Å². The lowest BCUT2D eigenvalue weighted by molar-refractivity contribution is -0.121. The van der Waals surface area contributed by atoms with Crippen LogP contribution in [0, 0.1) is 5.41 Å². The van der Waals surface area contributed by atoms with Crippen LogP contribution in [0.4, 0.5) is 0 Å². The molecule has 1 saturated carbocycles. The fraction of sp³-hybridized carbons (Fsp3) is 0.600. The van der Waals surface area contributed by atoms with Gasteiger partial charge >= 0.3 is 0 Å². The molecular weight excluding hydrogens is 260 g/mol. The molecule has 0 spiro atoms. The van der Waals surface area contributed by atoms with Crippen molar-refractivity contribution in [2.75, 3.05) is 6.54 Å². The molecule has 0 aliphatic heterocycles. The molecule has 1 fully saturated rings. The lowest BCUT2D eigenvalue weighted by Crippen LogP contribution is -2.35. The van der Waals surface area contributed by atoms with Crippen molar-refractivity contribution < 1.29 is 4.79 Å². The Labute approximate surface area is 119 Å². The van der Waals surface area contributed by atoms with E-state index in [9.17, 15) is 4.79 Å². The van der Waals surface area contributed by atoms with E-state index in [0.29, 0.717) is 24.4 Å². The van der Waals surface area contributed by atoms with Crippen molar-refractivity contribution >= 4 is 17.4 Å². The molecule has 1 aromatic heterocycles. The molecule has 19 heavy (non-hydrogen) atoms. The minimum Gasteiger partial charge on any atom is -0.330 e. The number of carbonyl (C=O) groups excluding carboxylic acids is 1. The van der Waals surface area contributed by atoms with Crippen LogP contribution in [-0.4, -0.2) is 17.3 Å². The summed E-state index contributed by atoms with van der Waals surface area (Å²) >= 11 is 6.04. The van der Waals surface area contributed by atoms with Crippen molar-refractivity contribution in [1.82, 2.24) is 4.98 Å². The monoisotopic (exact) mass is 280 g/mol. The molecule has 0 radical (unpaired) electrons. The molecule has 0 amide bonds. The summed E-state index contributed by atoms with van der Waals surface area (Å²) in [6, 6.07) is 1.82. The van der Waals surface area contributed by atoms with Gasteiger partial charge in [-0.05, 0) is 36.4 Å². The number of hydrogen-bond donors (Lipinski definition) is 1. The molecule has 2 rings (SSSR count). The van der Waals surface area contributed by atoms with Gasteiger partial charge in [-0.1, -0.05) is 30.9 Å². The van der Waals surface area contributed by atoms with Crippen molar-refractivity contribution in [3.63, 3.8) is 0 Å². The van der Waals surface area contributed by atoms with Crippen LogP contribution in [0.1, 0.15) is 44.1 Å². The van der Waals surface area contributed by atoms with Crippen LogP contribution in [0.2, 0.25) is 5.02 Å². The number of rotatable bonds is 5. The molecule has 0 aromatic carbocycles. The first-order valence-corrected chi connectivity index (χ1v) is 7.33. The molecule has 2 N–H and O–H groups in total. The Morgan fingerprint density at radius 3 is 2.74 bits per heavy atom. The molecule has 4 heteroatoms. The molecule has 1 aliphatic rings. The number of hydrogen-bond acceptors (Lipinski definition) is 3. The first-order chi connectivity index (χ1) is 9.15. The fourth-order valence-corrected chi connectivity index (χ4v) is 3.18. The molecule has 1 aromatic rings. The van der Waals surface area contributed by atoms with Gasteiger partial charge in [0.15, 0.2) is 0 Å². The maximum Gasteiger partial charge on any atom is 0.137 e. The molecule has 1 aliphatic carbocycles. The normalized spacial score (nSPS) is 18.2. The first kappa shape index (κ1) is 14.5. The second-order valence-corrected chi connectivity index (χ2v) is 6.03. The summed E-state index contributed by atoms with van der Waals surface area (Å²) in [7, 11) is 0. The van der Waals surface area contributed by atoms with Crippen molar-refractivity contribution in [2.45, 2.75) is 44.9 Å². The van der Waals surface area contributed by atoms with E-state index >= 15 is 0 Å². The van der Waals surface area contributed by atoms with Crippen LogP contribution in [-0.2, 0) is 11.2 Å². The maximum absolute atomic E-state index is 12.3. The Morgan fingerprint density at radius 1 is 1.37 bits per heavy atom. The smallest absolute Gasteiger partial charge is 0.137 e. The van der Waals surface area contributed by atoms with Crippen LogP contribution >= 0.6 is 11.6 Å². The third-order valence-electron chi connectivity index (χ3n) is 4.16. The van der Waals surface area contributed by atoms with Gasteiger partial charge in [-0.15, -0.1) is 0 Å². The number of carbonyl (C=O) groups is 1. The van der Waals surface area contributed by atoms with Crippen LogP contribution in [0.15, 0.2) is 18.5 Å². The topological polar surface area (TPSA) is 56.0 Å². The minimum absolute atomic E-state index is 0.0365. The number of halogens is 1. The number of aromatic nitrogens is 1. The van der Waals surface area contributed by atoms with E-state index in [1.165, 1.54) is 19.3 Å². The van der Waals surface area contributed by atoms with Crippen molar-refractivity contribution in [2.24, 2.45) is 11.1 Å². The van der Waals surface area contributed by atoms with Crippen molar-refractivity contribution in [3.8, 4) is 0 Å². The van der Waals surface area contributed by atoms with E-state index in [1.807, 2.05) is 6.07 Å². The van der Waals surface area contributed by atoms with Crippen molar-refractivity contribution in [1.29, 1.82) is 0 Å². The molecule has 0 saturated heterocycles. The molecule has 0 unspecified atom stereocenters. The largest absolute Gasteiger partial charge is 0.330 e. The zero-order valence-corrected chi connectivity index (χ0v) is 12.0. The molecule has 3 nitrogen and oxygen atoms in total. The van der Waals surface area contributed by atoms with Gasteiger partial charge < -0.3 is 5.73 Å². The van der Waals surface area contributed by atoms with Crippen molar-refractivity contribution in [3.05, 3.63) is 29.0 Å². The number of ketones is 1. The summed E-state index contributed by atoms with van der Waals surface area (Å²) in [5, 5.41) is 0.571. The average molecular weight is 281 g/mol. The van der Waals surface area contributed by atoms with Crippen LogP contribution < -0.4 is 5.73 Å². The highest BCUT2D eigenvalue weighted by atomic mass is 35.5. The SMILES string of the molecule is NCC1(CC(=O)Cc2ccncc2Cl)CCCCC1. The summed E-state index contributed by atoms with van der Waals surface area (Å²) in [4.78, 5) is 16.2. The Hall–Kier alpha value is -0.930. The Bertz CT molecular complexity index is 442. The summed E-state index contributed by atoms with van der Waals surface area (Å²) in [6.45, 7) is 0.614. The van der Waals surface area contributed by atoms with E-state index in [4.69, 9.17) is 17.3 Å². The number of nitrogens with two attached hydrogens (primary N) is 1. The van der Waals surface area contributed by atoms with Gasteiger partial charge in [0, 0.05) is 25.2 Å². The van der Waals surface area contributed by atoms with Gasteiger partial charge in [0.05, 0.1) is 5.02 Å². The Balaban J connectivity index is 1.98. The third-order valence-corrected chi connectivity index (χ3v) is 4.50. The Morgan fingerprint density at radius 2 is 2.11 bits per heavy atom. The van der Waals surface area contributed by atoms with E-state index in [1.54, 1.807) is 12.4 Å². The van der Waals surface area contributed by atoms with E-state index in [2.05, 4.69) is 4.98 Å². The highest BCUT2D eigenvalue weighted by Gasteiger charge is 2.32. The van der Waals surface area contributed by atoms with Crippen LogP contribution in [0.5, 0.6) is 0 Å².